The molecule has 1 aliphatic rings. The quantitative estimate of drug-likeness (QED) is 0.208. The van der Waals surface area contributed by atoms with Crippen molar-refractivity contribution >= 4 is 55.2 Å². The third kappa shape index (κ3) is 6.13. The zero-order chi connectivity index (χ0) is 30.0. The molecule has 0 amide bonds. The topological polar surface area (TPSA) is 79.1 Å². The number of thiazole rings is 1. The number of esters is 1. The molecular formula is C31H25Br2FN2O5S. The van der Waals surface area contributed by atoms with E-state index >= 15 is 0 Å². The molecule has 3 aromatic carbocycles. The monoisotopic (exact) mass is 714 g/mol. The van der Waals surface area contributed by atoms with E-state index in [9.17, 15) is 14.0 Å². The highest BCUT2D eigenvalue weighted by atomic mass is 79.9. The van der Waals surface area contributed by atoms with Crippen molar-refractivity contribution in [2.24, 2.45) is 4.99 Å². The lowest BCUT2D eigenvalue weighted by molar-refractivity contribution is -0.139. The molecule has 0 N–H and O–H groups in total. The van der Waals surface area contributed by atoms with Gasteiger partial charge in [-0.1, -0.05) is 35.6 Å². The first-order valence-electron chi connectivity index (χ1n) is 12.9. The minimum Gasteiger partial charge on any atom is -0.497 e. The summed E-state index contributed by atoms with van der Waals surface area (Å²) in [5, 5.41) is 0. The summed E-state index contributed by atoms with van der Waals surface area (Å²) in [7, 11) is 1.58. The van der Waals surface area contributed by atoms with Crippen LogP contribution >= 0.6 is 43.2 Å². The molecule has 1 aromatic heterocycles. The van der Waals surface area contributed by atoms with Gasteiger partial charge in [-0.05, 0) is 105 Å². The van der Waals surface area contributed by atoms with Crippen LogP contribution in [-0.2, 0) is 16.1 Å². The lowest BCUT2D eigenvalue weighted by Crippen LogP contribution is -2.39. The van der Waals surface area contributed by atoms with E-state index in [2.05, 4.69) is 36.9 Å². The average Bonchev–Trinajstić information content (AvgIpc) is 3.26. The molecule has 2 heterocycles. The van der Waals surface area contributed by atoms with Crippen LogP contribution < -0.4 is 24.4 Å². The number of rotatable bonds is 8. The van der Waals surface area contributed by atoms with Crippen LogP contribution in [-0.4, -0.2) is 24.3 Å². The summed E-state index contributed by atoms with van der Waals surface area (Å²) in [6, 6.07) is 16.3. The van der Waals surface area contributed by atoms with Crippen LogP contribution in [0.25, 0.3) is 6.08 Å². The average molecular weight is 716 g/mol. The molecule has 5 rings (SSSR count). The van der Waals surface area contributed by atoms with E-state index in [1.807, 2.05) is 24.3 Å². The fourth-order valence-electron chi connectivity index (χ4n) is 4.58. The number of ether oxygens (including phenoxy) is 3. The Kier molecular flexibility index (Phi) is 9.10. The first kappa shape index (κ1) is 29.9. The molecule has 7 nitrogen and oxygen atoms in total. The van der Waals surface area contributed by atoms with Crippen molar-refractivity contribution in [1.29, 1.82) is 0 Å². The van der Waals surface area contributed by atoms with Crippen LogP contribution in [0.1, 0.15) is 36.6 Å². The van der Waals surface area contributed by atoms with Gasteiger partial charge >= 0.3 is 5.97 Å². The second-order valence-corrected chi connectivity index (χ2v) is 12.0. The summed E-state index contributed by atoms with van der Waals surface area (Å²) in [6.07, 6.45) is 1.78. The predicted octanol–water partition coefficient (Wildman–Crippen LogP) is 6.05. The van der Waals surface area contributed by atoms with Gasteiger partial charge in [0.15, 0.2) is 4.80 Å². The molecule has 0 unspecified atom stereocenters. The number of benzene rings is 3. The minimum atomic E-state index is -0.714. The number of carbonyl (C=O) groups excluding carboxylic acids is 1. The SMILES string of the molecule is CCOC(=O)C1=C(C)N=c2sc(=Cc3cc(Br)c(OCc4ccc(F)cc4)c(Br)c3)c(=O)n2[C@H]1c1ccc(OC)cc1. The number of hydrogen-bond donors (Lipinski definition) is 0. The summed E-state index contributed by atoms with van der Waals surface area (Å²) in [5.41, 5.74) is 2.83. The van der Waals surface area contributed by atoms with Crippen molar-refractivity contribution in [2.45, 2.75) is 26.5 Å². The van der Waals surface area contributed by atoms with Crippen LogP contribution in [0.4, 0.5) is 4.39 Å². The number of methoxy groups -OCH3 is 1. The molecule has 216 valence electrons. The van der Waals surface area contributed by atoms with E-state index in [1.54, 1.807) is 55.9 Å². The van der Waals surface area contributed by atoms with Gasteiger partial charge in [0, 0.05) is 0 Å². The van der Waals surface area contributed by atoms with Gasteiger partial charge in [0.2, 0.25) is 0 Å². The van der Waals surface area contributed by atoms with E-state index in [-0.39, 0.29) is 24.6 Å². The predicted molar refractivity (Wildman–Crippen MR) is 166 cm³/mol. The van der Waals surface area contributed by atoms with Crippen LogP contribution in [0, 0.1) is 5.82 Å². The lowest BCUT2D eigenvalue weighted by atomic mass is 9.96. The first-order chi connectivity index (χ1) is 20.2. The van der Waals surface area contributed by atoms with E-state index in [0.29, 0.717) is 41.0 Å². The molecule has 4 aromatic rings. The highest BCUT2D eigenvalue weighted by Crippen LogP contribution is 2.36. The van der Waals surface area contributed by atoms with Gasteiger partial charge in [-0.3, -0.25) is 9.36 Å². The van der Waals surface area contributed by atoms with E-state index in [0.717, 1.165) is 16.7 Å². The minimum absolute atomic E-state index is 0.197. The summed E-state index contributed by atoms with van der Waals surface area (Å²) < 4.78 is 33.2. The number of carbonyl (C=O) groups is 1. The molecule has 0 saturated carbocycles. The van der Waals surface area contributed by atoms with Crippen molar-refractivity contribution in [3.8, 4) is 11.5 Å². The van der Waals surface area contributed by atoms with Crippen LogP contribution in [0.3, 0.4) is 0 Å². The molecule has 0 radical (unpaired) electrons. The second kappa shape index (κ2) is 12.8. The Bertz CT molecular complexity index is 1840. The molecule has 0 spiro atoms. The van der Waals surface area contributed by atoms with Gasteiger partial charge in [0.1, 0.15) is 23.9 Å². The molecule has 0 saturated heterocycles. The van der Waals surface area contributed by atoms with Crippen LogP contribution in [0.5, 0.6) is 11.5 Å². The number of nitrogens with zero attached hydrogens (tertiary/aromatic N) is 2. The van der Waals surface area contributed by atoms with Crippen molar-refractivity contribution in [3.63, 3.8) is 0 Å². The summed E-state index contributed by atoms with van der Waals surface area (Å²) in [4.78, 5) is 32.1. The second-order valence-electron chi connectivity index (χ2n) is 9.30. The van der Waals surface area contributed by atoms with E-state index in [1.165, 1.54) is 23.5 Å². The summed E-state index contributed by atoms with van der Waals surface area (Å²) in [6.45, 7) is 3.94. The molecule has 11 heteroatoms. The zero-order valence-corrected chi connectivity index (χ0v) is 26.8. The number of fused-ring (bicyclic) bond motifs is 1. The molecule has 42 heavy (non-hydrogen) atoms. The van der Waals surface area contributed by atoms with Crippen LogP contribution in [0.15, 0.2) is 90.7 Å². The number of halogens is 3. The normalized spacial score (nSPS) is 14.8. The van der Waals surface area contributed by atoms with Gasteiger partial charge < -0.3 is 14.2 Å². The third-order valence-corrected chi connectivity index (χ3v) is 8.72. The molecule has 0 bridgehead atoms. The standard InChI is InChI=1S/C31H25Br2FN2O5S/c1-4-40-30(38)26-17(2)35-31-36(27(26)20-7-11-22(39-3)12-8-20)29(37)25(42-31)15-19-13-23(32)28(24(33)14-19)41-16-18-5-9-21(34)10-6-18/h5-15,27H,4,16H2,1-3H3/t27-/m0/s1. The Balaban J connectivity index is 1.54. The molecule has 1 atom stereocenters. The number of allylic oxidation sites excluding steroid dienone is 1. The highest BCUT2D eigenvalue weighted by Gasteiger charge is 2.33. The largest absolute Gasteiger partial charge is 0.497 e. The Morgan fingerprint density at radius 3 is 2.38 bits per heavy atom. The van der Waals surface area contributed by atoms with E-state index in [4.69, 9.17) is 14.2 Å². The van der Waals surface area contributed by atoms with Crippen molar-refractivity contribution in [3.05, 3.63) is 123 Å². The Morgan fingerprint density at radius 2 is 1.76 bits per heavy atom. The first-order valence-corrected chi connectivity index (χ1v) is 15.3. The lowest BCUT2D eigenvalue weighted by Gasteiger charge is -2.24. The van der Waals surface area contributed by atoms with Crippen molar-refractivity contribution in [2.75, 3.05) is 13.7 Å². The molecule has 0 aliphatic carbocycles. The number of aromatic nitrogens is 1. The zero-order valence-electron chi connectivity index (χ0n) is 22.8. The third-order valence-electron chi connectivity index (χ3n) is 6.56. The molecular weight excluding hydrogens is 691 g/mol. The Morgan fingerprint density at radius 1 is 1.10 bits per heavy atom. The maximum Gasteiger partial charge on any atom is 0.338 e. The van der Waals surface area contributed by atoms with Crippen molar-refractivity contribution in [1.82, 2.24) is 4.57 Å². The molecule has 0 fully saturated rings. The van der Waals surface area contributed by atoms with Gasteiger partial charge in [-0.2, -0.15) is 0 Å². The Hall–Kier alpha value is -3.54. The number of hydrogen-bond acceptors (Lipinski definition) is 7. The fraction of sp³-hybridized carbons (Fsp3) is 0.194. The Labute approximate surface area is 261 Å². The molecule has 1 aliphatic heterocycles. The summed E-state index contributed by atoms with van der Waals surface area (Å²) >= 11 is 8.38. The maximum atomic E-state index is 13.9. The van der Waals surface area contributed by atoms with Crippen LogP contribution in [0.2, 0.25) is 0 Å². The van der Waals surface area contributed by atoms with Crippen molar-refractivity contribution < 1.29 is 23.4 Å². The smallest absolute Gasteiger partial charge is 0.338 e. The highest BCUT2D eigenvalue weighted by molar-refractivity contribution is 9.11. The summed E-state index contributed by atoms with van der Waals surface area (Å²) in [5.74, 6) is 0.411. The van der Waals surface area contributed by atoms with Gasteiger partial charge in [0.05, 0.1) is 44.5 Å². The van der Waals surface area contributed by atoms with Gasteiger partial charge in [-0.25, -0.2) is 14.2 Å². The van der Waals surface area contributed by atoms with Gasteiger partial charge in [-0.15, -0.1) is 0 Å². The maximum absolute atomic E-state index is 13.9. The fourth-order valence-corrected chi connectivity index (χ4v) is 7.08. The van der Waals surface area contributed by atoms with E-state index < -0.39 is 12.0 Å². The van der Waals surface area contributed by atoms with Gasteiger partial charge in [0.25, 0.3) is 5.56 Å².